The lowest BCUT2D eigenvalue weighted by atomic mass is 10.0. The third-order valence-corrected chi connectivity index (χ3v) is 3.49. The molecule has 0 saturated carbocycles. The van der Waals surface area contributed by atoms with Gasteiger partial charge in [-0.25, -0.2) is 0 Å². The fourth-order valence-electron chi connectivity index (χ4n) is 2.20. The summed E-state index contributed by atoms with van der Waals surface area (Å²) in [5.74, 6) is 0.176. The van der Waals surface area contributed by atoms with Crippen LogP contribution in [0.5, 0.6) is 0 Å². The molecule has 1 heterocycles. The Hall–Kier alpha value is -0.610. The van der Waals surface area contributed by atoms with Crippen LogP contribution < -0.4 is 5.32 Å². The first-order valence-electron chi connectivity index (χ1n) is 6.13. The van der Waals surface area contributed by atoms with Crippen LogP contribution in [-0.4, -0.2) is 47.7 Å². The molecule has 16 heavy (non-hydrogen) atoms. The lowest BCUT2D eigenvalue weighted by molar-refractivity contribution is -0.137. The maximum atomic E-state index is 12.3. The monoisotopic (exact) mass is 228 g/mol. The first-order valence-corrected chi connectivity index (χ1v) is 6.13. The molecular weight excluding hydrogens is 204 g/mol. The van der Waals surface area contributed by atoms with Crippen LogP contribution in [0.4, 0.5) is 0 Å². The Kier molecular flexibility index (Phi) is 4.74. The Bertz CT molecular complexity index is 241. The van der Waals surface area contributed by atoms with Gasteiger partial charge in [-0.15, -0.1) is 0 Å². The average molecular weight is 228 g/mol. The van der Waals surface area contributed by atoms with Crippen molar-refractivity contribution in [2.45, 2.75) is 51.1 Å². The van der Waals surface area contributed by atoms with Gasteiger partial charge in [-0.2, -0.15) is 0 Å². The molecule has 0 aromatic carbocycles. The number of hydrogen-bond acceptors (Lipinski definition) is 3. The van der Waals surface area contributed by atoms with Gasteiger partial charge in [0.2, 0.25) is 5.91 Å². The second-order valence-electron chi connectivity index (χ2n) is 5.04. The van der Waals surface area contributed by atoms with Gasteiger partial charge in [0.05, 0.1) is 5.54 Å². The molecule has 0 spiro atoms. The molecule has 1 fully saturated rings. The Morgan fingerprint density at radius 2 is 2.25 bits per heavy atom. The van der Waals surface area contributed by atoms with E-state index in [1.165, 1.54) is 0 Å². The summed E-state index contributed by atoms with van der Waals surface area (Å²) in [5, 5.41) is 11.9. The van der Waals surface area contributed by atoms with Crippen LogP contribution in [0.1, 0.15) is 39.5 Å². The molecule has 0 bridgehead atoms. The zero-order valence-electron chi connectivity index (χ0n) is 10.6. The number of nitrogens with one attached hydrogen (secondary N) is 1. The summed E-state index contributed by atoms with van der Waals surface area (Å²) in [7, 11) is 1.82. The molecule has 4 heteroatoms. The summed E-state index contributed by atoms with van der Waals surface area (Å²) in [6, 6.07) is 0.326. The topological polar surface area (TPSA) is 52.6 Å². The molecule has 0 radical (unpaired) electrons. The highest BCUT2D eigenvalue weighted by molar-refractivity contribution is 5.86. The van der Waals surface area contributed by atoms with Crippen LogP contribution in [-0.2, 0) is 4.79 Å². The van der Waals surface area contributed by atoms with Gasteiger partial charge in [-0.05, 0) is 46.6 Å². The quantitative estimate of drug-likeness (QED) is 0.730. The van der Waals surface area contributed by atoms with Gasteiger partial charge in [0.1, 0.15) is 0 Å². The molecule has 4 nitrogen and oxygen atoms in total. The Morgan fingerprint density at radius 1 is 1.56 bits per heavy atom. The number of aliphatic hydroxyl groups excluding tert-OH is 1. The minimum atomic E-state index is -0.484. The third-order valence-electron chi connectivity index (χ3n) is 3.49. The molecule has 1 aliphatic heterocycles. The second-order valence-corrected chi connectivity index (χ2v) is 5.04. The molecule has 1 rings (SSSR count). The summed E-state index contributed by atoms with van der Waals surface area (Å²) in [6.45, 7) is 4.90. The fourth-order valence-corrected chi connectivity index (χ4v) is 2.20. The van der Waals surface area contributed by atoms with Crippen molar-refractivity contribution in [1.29, 1.82) is 0 Å². The summed E-state index contributed by atoms with van der Waals surface area (Å²) in [5.41, 5.74) is -0.484. The summed E-state index contributed by atoms with van der Waals surface area (Å²) in [4.78, 5) is 14.3. The predicted octanol–water partition coefficient (Wildman–Crippen LogP) is 0.748. The smallest absolute Gasteiger partial charge is 0.242 e. The highest BCUT2D eigenvalue weighted by Crippen LogP contribution is 2.24. The molecule has 1 atom stereocenters. The lowest BCUT2D eigenvalue weighted by Crippen LogP contribution is -2.54. The number of hydrogen-bond donors (Lipinski definition) is 2. The van der Waals surface area contributed by atoms with E-state index in [4.69, 9.17) is 5.11 Å². The van der Waals surface area contributed by atoms with Crippen molar-refractivity contribution in [3.8, 4) is 0 Å². The van der Waals surface area contributed by atoms with Crippen molar-refractivity contribution in [3.63, 3.8) is 0 Å². The van der Waals surface area contributed by atoms with E-state index < -0.39 is 5.54 Å². The van der Waals surface area contributed by atoms with Crippen LogP contribution in [0, 0.1) is 0 Å². The van der Waals surface area contributed by atoms with Crippen molar-refractivity contribution in [2.24, 2.45) is 0 Å². The molecule has 1 aliphatic rings. The first kappa shape index (κ1) is 13.5. The van der Waals surface area contributed by atoms with Crippen LogP contribution in [0.25, 0.3) is 0 Å². The Balaban J connectivity index is 2.60. The molecule has 0 aromatic heterocycles. The number of amides is 1. The number of carbonyl (C=O) groups is 1. The Labute approximate surface area is 98.0 Å². The second kappa shape index (κ2) is 5.64. The summed E-state index contributed by atoms with van der Waals surface area (Å²) in [6.07, 6.45) is 3.86. The number of likely N-dealkylation sites (N-methyl/N-ethyl adjacent to an activating group) is 1. The van der Waals surface area contributed by atoms with Gasteiger partial charge in [-0.3, -0.25) is 4.79 Å². The van der Waals surface area contributed by atoms with E-state index in [-0.39, 0.29) is 12.5 Å². The Morgan fingerprint density at radius 3 is 2.81 bits per heavy atom. The number of likely N-dealkylation sites (tertiary alicyclic amines) is 1. The highest BCUT2D eigenvalue weighted by Gasteiger charge is 2.36. The van der Waals surface area contributed by atoms with Crippen LogP contribution >= 0.6 is 0 Å². The molecule has 0 aromatic rings. The third kappa shape index (κ3) is 2.95. The van der Waals surface area contributed by atoms with Gasteiger partial charge in [-0.1, -0.05) is 0 Å². The SMILES string of the molecule is CNC(C)(C)C(=O)N1CCCC1CCCO. The van der Waals surface area contributed by atoms with Gasteiger partial charge >= 0.3 is 0 Å². The molecule has 94 valence electrons. The van der Waals surface area contributed by atoms with E-state index >= 15 is 0 Å². The predicted molar refractivity (Wildman–Crippen MR) is 64.2 cm³/mol. The zero-order valence-corrected chi connectivity index (χ0v) is 10.6. The van der Waals surface area contributed by atoms with Crippen molar-refractivity contribution >= 4 is 5.91 Å². The zero-order chi connectivity index (χ0) is 12.2. The average Bonchev–Trinajstić information content (AvgIpc) is 2.73. The van der Waals surface area contributed by atoms with Gasteiger partial charge in [0, 0.05) is 19.2 Å². The maximum Gasteiger partial charge on any atom is 0.242 e. The van der Waals surface area contributed by atoms with Crippen LogP contribution in [0.15, 0.2) is 0 Å². The maximum absolute atomic E-state index is 12.3. The van der Waals surface area contributed by atoms with Crippen molar-refractivity contribution in [1.82, 2.24) is 10.2 Å². The number of nitrogens with zero attached hydrogens (tertiary/aromatic N) is 1. The lowest BCUT2D eigenvalue weighted by Gasteiger charge is -2.33. The van der Waals surface area contributed by atoms with Crippen molar-refractivity contribution in [3.05, 3.63) is 0 Å². The normalized spacial score (nSPS) is 21.5. The number of aliphatic hydroxyl groups is 1. The number of carbonyl (C=O) groups excluding carboxylic acids is 1. The molecule has 1 saturated heterocycles. The molecule has 0 aliphatic carbocycles. The van der Waals surface area contributed by atoms with Gasteiger partial charge < -0.3 is 15.3 Å². The minimum absolute atomic E-state index is 0.176. The molecular formula is C12H24N2O2. The largest absolute Gasteiger partial charge is 0.396 e. The van der Waals surface area contributed by atoms with E-state index in [9.17, 15) is 4.79 Å². The van der Waals surface area contributed by atoms with E-state index in [2.05, 4.69) is 5.32 Å². The van der Waals surface area contributed by atoms with Gasteiger partial charge in [0.25, 0.3) is 0 Å². The van der Waals surface area contributed by atoms with E-state index in [0.717, 1.165) is 32.2 Å². The van der Waals surface area contributed by atoms with Crippen LogP contribution in [0.2, 0.25) is 0 Å². The van der Waals surface area contributed by atoms with Crippen molar-refractivity contribution < 1.29 is 9.90 Å². The van der Waals surface area contributed by atoms with E-state index in [1.807, 2.05) is 25.8 Å². The van der Waals surface area contributed by atoms with Crippen molar-refractivity contribution in [2.75, 3.05) is 20.2 Å². The standard InChI is InChI=1S/C12H24N2O2/c1-12(2,13-3)11(16)14-8-4-6-10(14)7-5-9-15/h10,13,15H,4-9H2,1-3H3. The molecule has 1 amide bonds. The summed E-state index contributed by atoms with van der Waals surface area (Å²) < 4.78 is 0. The van der Waals surface area contributed by atoms with Crippen LogP contribution in [0.3, 0.4) is 0 Å². The van der Waals surface area contributed by atoms with E-state index in [1.54, 1.807) is 0 Å². The highest BCUT2D eigenvalue weighted by atomic mass is 16.3. The van der Waals surface area contributed by atoms with Gasteiger partial charge in [0.15, 0.2) is 0 Å². The fraction of sp³-hybridized carbons (Fsp3) is 0.917. The first-order chi connectivity index (χ1) is 7.53. The number of rotatable bonds is 5. The minimum Gasteiger partial charge on any atom is -0.396 e. The molecule has 1 unspecified atom stereocenters. The molecule has 2 N–H and O–H groups in total. The van der Waals surface area contributed by atoms with E-state index in [0.29, 0.717) is 6.04 Å². The summed E-state index contributed by atoms with van der Waals surface area (Å²) >= 11 is 0.